The van der Waals surface area contributed by atoms with Gasteiger partial charge in [-0.15, -0.1) is 0 Å². The van der Waals surface area contributed by atoms with Crippen LogP contribution in [0.15, 0.2) is 36.4 Å². The average Bonchev–Trinajstić information content (AvgIpc) is 2.67. The van der Waals surface area contributed by atoms with E-state index in [1.807, 2.05) is 39.0 Å². The van der Waals surface area contributed by atoms with Gasteiger partial charge in [0.1, 0.15) is 0 Å². The first kappa shape index (κ1) is 23.9. The van der Waals surface area contributed by atoms with Crippen LogP contribution in [-0.2, 0) is 14.8 Å². The zero-order valence-electron chi connectivity index (χ0n) is 19.0. The topological polar surface area (TPSA) is 66.5 Å². The van der Waals surface area contributed by atoms with E-state index in [2.05, 4.69) is 37.4 Å². The Morgan fingerprint density at radius 2 is 1.73 bits per heavy atom. The van der Waals surface area contributed by atoms with E-state index in [1.54, 1.807) is 0 Å². The fourth-order valence-electron chi connectivity index (χ4n) is 3.52. The molecule has 0 fully saturated rings. The van der Waals surface area contributed by atoms with Gasteiger partial charge in [-0.05, 0) is 74.4 Å². The highest BCUT2D eigenvalue weighted by molar-refractivity contribution is 7.92. The van der Waals surface area contributed by atoms with Gasteiger partial charge >= 0.3 is 0 Å². The van der Waals surface area contributed by atoms with Crippen molar-refractivity contribution in [2.45, 2.75) is 59.9 Å². The molecule has 1 unspecified atom stereocenters. The molecule has 2 aromatic rings. The molecule has 0 aliphatic heterocycles. The van der Waals surface area contributed by atoms with Crippen LogP contribution in [0, 0.1) is 27.7 Å². The summed E-state index contributed by atoms with van der Waals surface area (Å²) in [5.41, 5.74) is 6.19. The van der Waals surface area contributed by atoms with Crippen LogP contribution in [0.5, 0.6) is 0 Å². The number of amides is 1. The molecule has 6 heteroatoms. The molecule has 0 spiro atoms. The van der Waals surface area contributed by atoms with Gasteiger partial charge in [0, 0.05) is 13.0 Å². The lowest BCUT2D eigenvalue weighted by Gasteiger charge is -2.25. The number of benzene rings is 2. The number of nitrogens with zero attached hydrogens (tertiary/aromatic N) is 1. The highest BCUT2D eigenvalue weighted by Crippen LogP contribution is 2.25. The summed E-state index contributed by atoms with van der Waals surface area (Å²) < 4.78 is 26.1. The number of rotatable bonds is 9. The summed E-state index contributed by atoms with van der Waals surface area (Å²) in [6.45, 7) is 10.3. The SMILES string of the molecule is CCC(NC(=O)CCCN(c1cccc(C)c1C)S(C)(=O)=O)c1ccc(C)c(C)c1. The highest BCUT2D eigenvalue weighted by Gasteiger charge is 2.20. The van der Waals surface area contributed by atoms with Gasteiger partial charge in [-0.3, -0.25) is 9.10 Å². The van der Waals surface area contributed by atoms with Crippen LogP contribution in [0.3, 0.4) is 0 Å². The molecule has 0 aromatic heterocycles. The van der Waals surface area contributed by atoms with Gasteiger partial charge in [-0.2, -0.15) is 0 Å². The molecule has 164 valence electrons. The van der Waals surface area contributed by atoms with Crippen LogP contribution >= 0.6 is 0 Å². The van der Waals surface area contributed by atoms with Gasteiger partial charge in [-0.25, -0.2) is 8.42 Å². The summed E-state index contributed by atoms with van der Waals surface area (Å²) in [7, 11) is -3.43. The van der Waals surface area contributed by atoms with Crippen molar-refractivity contribution in [1.82, 2.24) is 5.32 Å². The van der Waals surface area contributed by atoms with E-state index in [1.165, 1.54) is 21.7 Å². The lowest BCUT2D eigenvalue weighted by atomic mass is 9.99. The lowest BCUT2D eigenvalue weighted by Crippen LogP contribution is -2.33. The standard InChI is InChI=1S/C24H34N2O3S/c1-7-22(21-14-13-17(2)19(4)16-21)25-24(27)12-9-15-26(30(6,28)29)23-11-8-10-18(3)20(23)5/h8,10-11,13-14,16,22H,7,9,12,15H2,1-6H3,(H,25,27). The number of anilines is 1. The number of sulfonamides is 1. The van der Waals surface area contributed by atoms with Crippen LogP contribution in [0.25, 0.3) is 0 Å². The number of hydrogen-bond donors (Lipinski definition) is 1. The zero-order chi connectivity index (χ0) is 22.5. The van der Waals surface area contributed by atoms with Crippen molar-refractivity contribution in [1.29, 1.82) is 0 Å². The smallest absolute Gasteiger partial charge is 0.232 e. The molecule has 1 N–H and O–H groups in total. The predicted octanol–water partition coefficient (Wildman–Crippen LogP) is 4.73. The second-order valence-electron chi connectivity index (χ2n) is 8.03. The van der Waals surface area contributed by atoms with E-state index in [-0.39, 0.29) is 24.9 Å². The van der Waals surface area contributed by atoms with Crippen LogP contribution in [0.4, 0.5) is 5.69 Å². The molecule has 1 amide bonds. The summed E-state index contributed by atoms with van der Waals surface area (Å²) in [4.78, 5) is 12.5. The third-order valence-electron chi connectivity index (χ3n) is 5.69. The normalized spacial score (nSPS) is 12.5. The van der Waals surface area contributed by atoms with E-state index in [0.29, 0.717) is 12.1 Å². The Morgan fingerprint density at radius 3 is 2.33 bits per heavy atom. The summed E-state index contributed by atoms with van der Waals surface area (Å²) in [6, 6.07) is 11.9. The second kappa shape index (κ2) is 10.1. The fraction of sp³-hybridized carbons (Fsp3) is 0.458. The minimum absolute atomic E-state index is 0.0400. The minimum atomic E-state index is -3.43. The van der Waals surface area contributed by atoms with Crippen LogP contribution in [-0.4, -0.2) is 27.1 Å². The van der Waals surface area contributed by atoms with Gasteiger partial charge in [0.2, 0.25) is 15.9 Å². The van der Waals surface area contributed by atoms with E-state index >= 15 is 0 Å². The molecule has 0 radical (unpaired) electrons. The molecule has 0 aliphatic rings. The Labute approximate surface area is 181 Å². The Balaban J connectivity index is 2.03. The molecule has 0 saturated heterocycles. The molecule has 0 heterocycles. The molecular formula is C24H34N2O3S. The van der Waals surface area contributed by atoms with Gasteiger partial charge in [0.25, 0.3) is 0 Å². The second-order valence-corrected chi connectivity index (χ2v) is 9.94. The first-order chi connectivity index (χ1) is 14.0. The quantitative estimate of drug-likeness (QED) is 0.625. The Kier molecular flexibility index (Phi) is 8.07. The van der Waals surface area contributed by atoms with Crippen molar-refractivity contribution < 1.29 is 13.2 Å². The highest BCUT2D eigenvalue weighted by atomic mass is 32.2. The van der Waals surface area contributed by atoms with Crippen molar-refractivity contribution in [2.24, 2.45) is 0 Å². The van der Waals surface area contributed by atoms with Gasteiger partial charge in [-0.1, -0.05) is 37.3 Å². The van der Waals surface area contributed by atoms with Crippen molar-refractivity contribution in [3.8, 4) is 0 Å². The number of aryl methyl sites for hydroxylation is 3. The number of carbonyl (C=O) groups is 1. The third kappa shape index (κ3) is 6.08. The molecule has 5 nitrogen and oxygen atoms in total. The molecule has 1 atom stereocenters. The Hall–Kier alpha value is -2.34. The molecule has 2 rings (SSSR count). The van der Waals surface area contributed by atoms with Crippen LogP contribution in [0.1, 0.15) is 60.0 Å². The first-order valence-corrected chi connectivity index (χ1v) is 12.3. The largest absolute Gasteiger partial charge is 0.349 e. The number of nitrogens with one attached hydrogen (secondary N) is 1. The Morgan fingerprint density at radius 1 is 1.03 bits per heavy atom. The Bertz CT molecular complexity index is 1000. The third-order valence-corrected chi connectivity index (χ3v) is 6.87. The average molecular weight is 431 g/mol. The molecular weight excluding hydrogens is 396 g/mol. The van der Waals surface area contributed by atoms with Crippen molar-refractivity contribution in [2.75, 3.05) is 17.1 Å². The van der Waals surface area contributed by atoms with E-state index < -0.39 is 10.0 Å². The maximum absolute atomic E-state index is 12.5. The van der Waals surface area contributed by atoms with Gasteiger partial charge < -0.3 is 5.32 Å². The summed E-state index contributed by atoms with van der Waals surface area (Å²) in [5, 5.41) is 3.10. The number of hydrogen-bond acceptors (Lipinski definition) is 3. The van der Waals surface area contributed by atoms with Gasteiger partial charge in [0.15, 0.2) is 0 Å². The number of carbonyl (C=O) groups excluding carboxylic acids is 1. The first-order valence-electron chi connectivity index (χ1n) is 10.4. The van der Waals surface area contributed by atoms with Crippen molar-refractivity contribution >= 4 is 21.6 Å². The summed E-state index contributed by atoms with van der Waals surface area (Å²) >= 11 is 0. The van der Waals surface area contributed by atoms with Gasteiger partial charge in [0.05, 0.1) is 18.0 Å². The van der Waals surface area contributed by atoms with E-state index in [9.17, 15) is 13.2 Å². The van der Waals surface area contributed by atoms with Crippen LogP contribution in [0.2, 0.25) is 0 Å². The molecule has 0 bridgehead atoms. The van der Waals surface area contributed by atoms with Crippen LogP contribution < -0.4 is 9.62 Å². The van der Waals surface area contributed by atoms with Crippen molar-refractivity contribution in [3.05, 3.63) is 64.2 Å². The lowest BCUT2D eigenvalue weighted by molar-refractivity contribution is -0.121. The van der Waals surface area contributed by atoms with E-state index in [4.69, 9.17) is 0 Å². The summed E-state index contributed by atoms with van der Waals surface area (Å²) in [5.74, 6) is -0.0607. The monoisotopic (exact) mass is 430 g/mol. The molecule has 0 aliphatic carbocycles. The van der Waals surface area contributed by atoms with E-state index in [0.717, 1.165) is 23.1 Å². The predicted molar refractivity (Wildman–Crippen MR) is 124 cm³/mol. The maximum Gasteiger partial charge on any atom is 0.232 e. The minimum Gasteiger partial charge on any atom is -0.349 e. The molecule has 2 aromatic carbocycles. The molecule has 30 heavy (non-hydrogen) atoms. The van der Waals surface area contributed by atoms with Crippen molar-refractivity contribution in [3.63, 3.8) is 0 Å². The molecule has 0 saturated carbocycles. The fourth-order valence-corrected chi connectivity index (χ4v) is 4.54. The maximum atomic E-state index is 12.5. The zero-order valence-corrected chi connectivity index (χ0v) is 19.8. The summed E-state index contributed by atoms with van der Waals surface area (Å²) in [6.07, 6.45) is 2.74.